The molecule has 7 nitrogen and oxygen atoms in total. The first-order chi connectivity index (χ1) is 12.9. The molecule has 0 radical (unpaired) electrons. The first kappa shape index (κ1) is 20.0. The average molecular weight is 377 g/mol. The molecule has 0 saturated carbocycles. The van der Waals surface area contributed by atoms with Gasteiger partial charge < -0.3 is 24.6 Å². The molecule has 0 saturated heterocycles. The van der Waals surface area contributed by atoms with Crippen molar-refractivity contribution in [2.75, 3.05) is 20.8 Å². The molecule has 0 aliphatic carbocycles. The highest BCUT2D eigenvalue weighted by molar-refractivity contribution is 5.79. The van der Waals surface area contributed by atoms with E-state index < -0.39 is 23.7 Å². The fourth-order valence-electron chi connectivity index (χ4n) is 2.41. The maximum absolute atomic E-state index is 12.9. The van der Waals surface area contributed by atoms with Crippen molar-refractivity contribution in [3.8, 4) is 17.2 Å². The molecular weight excluding hydrogens is 357 g/mol. The number of benzene rings is 2. The van der Waals surface area contributed by atoms with Crippen molar-refractivity contribution in [3.63, 3.8) is 0 Å². The first-order valence-corrected chi connectivity index (χ1v) is 8.04. The number of amides is 1. The number of halogens is 1. The molecule has 0 aromatic heterocycles. The summed E-state index contributed by atoms with van der Waals surface area (Å²) >= 11 is 0. The number of hydrogen-bond acceptors (Lipinski definition) is 5. The van der Waals surface area contributed by atoms with E-state index in [1.54, 1.807) is 18.2 Å². The second kappa shape index (κ2) is 9.42. The van der Waals surface area contributed by atoms with Crippen molar-refractivity contribution in [2.24, 2.45) is 0 Å². The standard InChI is InChI=1S/C19H20FNO6/c1-25-16-8-3-12(9-17(16)26-2)15(10-19(23)24)21-18(22)11-27-14-6-4-13(20)5-7-14/h3-9,15H,10-11H2,1-2H3,(H,21,22)(H,23,24). The van der Waals surface area contributed by atoms with Crippen LogP contribution in [0, 0.1) is 5.82 Å². The SMILES string of the molecule is COc1ccc(C(CC(=O)O)NC(=O)COc2ccc(F)cc2)cc1OC. The molecule has 0 heterocycles. The van der Waals surface area contributed by atoms with Gasteiger partial charge in [-0.25, -0.2) is 4.39 Å². The number of nitrogens with one attached hydrogen (secondary N) is 1. The summed E-state index contributed by atoms with van der Waals surface area (Å²) in [6.07, 6.45) is -0.322. The highest BCUT2D eigenvalue weighted by Crippen LogP contribution is 2.31. The highest BCUT2D eigenvalue weighted by Gasteiger charge is 2.20. The first-order valence-electron chi connectivity index (χ1n) is 8.04. The molecule has 2 aromatic rings. The van der Waals surface area contributed by atoms with Gasteiger partial charge in [0.25, 0.3) is 5.91 Å². The van der Waals surface area contributed by atoms with E-state index in [0.29, 0.717) is 22.8 Å². The smallest absolute Gasteiger partial charge is 0.305 e. The zero-order valence-electron chi connectivity index (χ0n) is 14.9. The minimum Gasteiger partial charge on any atom is -0.493 e. The molecule has 1 unspecified atom stereocenters. The van der Waals surface area contributed by atoms with Crippen molar-refractivity contribution < 1.29 is 33.3 Å². The largest absolute Gasteiger partial charge is 0.493 e. The summed E-state index contributed by atoms with van der Waals surface area (Å²) in [6.45, 7) is -0.338. The molecule has 0 fully saturated rings. The van der Waals surface area contributed by atoms with Crippen LogP contribution in [0.5, 0.6) is 17.2 Å². The maximum atomic E-state index is 12.9. The monoisotopic (exact) mass is 377 g/mol. The van der Waals surface area contributed by atoms with Crippen molar-refractivity contribution >= 4 is 11.9 Å². The van der Waals surface area contributed by atoms with Crippen LogP contribution in [0.2, 0.25) is 0 Å². The summed E-state index contributed by atoms with van der Waals surface area (Å²) in [4.78, 5) is 23.3. The van der Waals surface area contributed by atoms with Gasteiger partial charge in [0.15, 0.2) is 18.1 Å². The van der Waals surface area contributed by atoms with Gasteiger partial charge in [0.1, 0.15) is 11.6 Å². The molecule has 27 heavy (non-hydrogen) atoms. The van der Waals surface area contributed by atoms with Gasteiger partial charge in [-0.3, -0.25) is 9.59 Å². The molecule has 2 aromatic carbocycles. The Hall–Kier alpha value is -3.29. The fraction of sp³-hybridized carbons (Fsp3) is 0.263. The average Bonchev–Trinajstić information content (AvgIpc) is 2.66. The lowest BCUT2D eigenvalue weighted by Crippen LogP contribution is -2.33. The minimum absolute atomic E-state index is 0.322. The van der Waals surface area contributed by atoms with Gasteiger partial charge in [0.05, 0.1) is 26.7 Å². The summed E-state index contributed by atoms with van der Waals surface area (Å²) in [5.41, 5.74) is 0.546. The number of aliphatic carboxylic acids is 1. The van der Waals surface area contributed by atoms with Crippen LogP contribution in [0.4, 0.5) is 4.39 Å². The number of methoxy groups -OCH3 is 2. The Bertz CT molecular complexity index is 793. The zero-order valence-corrected chi connectivity index (χ0v) is 14.9. The second-order valence-corrected chi connectivity index (χ2v) is 5.57. The van der Waals surface area contributed by atoms with Crippen LogP contribution in [0.3, 0.4) is 0 Å². The lowest BCUT2D eigenvalue weighted by atomic mass is 10.0. The van der Waals surface area contributed by atoms with Gasteiger partial charge in [-0.2, -0.15) is 0 Å². The summed E-state index contributed by atoms with van der Waals surface area (Å²) in [7, 11) is 2.95. The molecule has 0 aliphatic heterocycles. The lowest BCUT2D eigenvalue weighted by molar-refractivity contribution is -0.137. The van der Waals surface area contributed by atoms with Gasteiger partial charge in [0.2, 0.25) is 0 Å². The van der Waals surface area contributed by atoms with E-state index in [-0.39, 0.29) is 13.0 Å². The lowest BCUT2D eigenvalue weighted by Gasteiger charge is -2.19. The van der Waals surface area contributed by atoms with Gasteiger partial charge >= 0.3 is 5.97 Å². The summed E-state index contributed by atoms with van der Waals surface area (Å²) in [5, 5.41) is 11.8. The fourth-order valence-corrected chi connectivity index (χ4v) is 2.41. The van der Waals surface area contributed by atoms with Gasteiger partial charge in [0, 0.05) is 0 Å². The third kappa shape index (κ3) is 5.88. The van der Waals surface area contributed by atoms with E-state index in [9.17, 15) is 14.0 Å². The molecule has 2 rings (SSSR count). The van der Waals surface area contributed by atoms with Crippen LogP contribution in [0.1, 0.15) is 18.0 Å². The minimum atomic E-state index is -1.07. The second-order valence-electron chi connectivity index (χ2n) is 5.57. The van der Waals surface area contributed by atoms with Crippen LogP contribution in [-0.4, -0.2) is 37.8 Å². The normalized spacial score (nSPS) is 11.4. The molecule has 0 spiro atoms. The Labute approximate surface area is 155 Å². The molecular formula is C19H20FNO6. The van der Waals surface area contributed by atoms with Crippen LogP contribution in [0.15, 0.2) is 42.5 Å². The summed E-state index contributed by atoms with van der Waals surface area (Å²) in [6, 6.07) is 9.31. The topological polar surface area (TPSA) is 94.1 Å². The Kier molecular flexibility index (Phi) is 6.99. The number of carboxylic acid groups (broad SMARTS) is 1. The van der Waals surface area contributed by atoms with Crippen molar-refractivity contribution in [3.05, 3.63) is 53.8 Å². The van der Waals surface area contributed by atoms with E-state index in [2.05, 4.69) is 5.32 Å². The van der Waals surface area contributed by atoms with E-state index in [1.165, 1.54) is 38.5 Å². The van der Waals surface area contributed by atoms with Crippen LogP contribution in [0.25, 0.3) is 0 Å². The van der Waals surface area contributed by atoms with E-state index >= 15 is 0 Å². The van der Waals surface area contributed by atoms with E-state index in [4.69, 9.17) is 19.3 Å². The Morgan fingerprint density at radius 2 is 1.74 bits per heavy atom. The Balaban J connectivity index is 2.08. The summed E-state index contributed by atoms with van der Waals surface area (Å²) in [5.74, 6) is -0.771. The molecule has 0 aliphatic rings. The number of carboxylic acids is 1. The zero-order chi connectivity index (χ0) is 19.8. The van der Waals surface area contributed by atoms with Gasteiger partial charge in [-0.15, -0.1) is 0 Å². The Morgan fingerprint density at radius 3 is 2.33 bits per heavy atom. The van der Waals surface area contributed by atoms with Crippen LogP contribution in [-0.2, 0) is 9.59 Å². The van der Waals surface area contributed by atoms with Crippen molar-refractivity contribution in [1.82, 2.24) is 5.32 Å². The molecule has 8 heteroatoms. The third-order valence-electron chi connectivity index (χ3n) is 3.71. The number of rotatable bonds is 9. The molecule has 2 N–H and O–H groups in total. The van der Waals surface area contributed by atoms with Gasteiger partial charge in [-0.1, -0.05) is 6.07 Å². The molecule has 0 bridgehead atoms. The quantitative estimate of drug-likeness (QED) is 0.698. The number of carbonyl (C=O) groups excluding carboxylic acids is 1. The Morgan fingerprint density at radius 1 is 1.07 bits per heavy atom. The predicted molar refractivity (Wildman–Crippen MR) is 94.6 cm³/mol. The maximum Gasteiger partial charge on any atom is 0.305 e. The van der Waals surface area contributed by atoms with Gasteiger partial charge in [-0.05, 0) is 42.0 Å². The van der Waals surface area contributed by atoms with Crippen molar-refractivity contribution in [2.45, 2.75) is 12.5 Å². The van der Waals surface area contributed by atoms with Crippen LogP contribution < -0.4 is 19.5 Å². The molecule has 1 amide bonds. The van der Waals surface area contributed by atoms with E-state index in [0.717, 1.165) is 0 Å². The number of carbonyl (C=O) groups is 2. The predicted octanol–water partition coefficient (Wildman–Crippen LogP) is 2.55. The number of hydrogen-bond donors (Lipinski definition) is 2. The number of ether oxygens (including phenoxy) is 3. The molecule has 1 atom stereocenters. The van der Waals surface area contributed by atoms with Crippen LogP contribution >= 0.6 is 0 Å². The molecule has 144 valence electrons. The van der Waals surface area contributed by atoms with Crippen molar-refractivity contribution in [1.29, 1.82) is 0 Å². The summed E-state index contributed by atoms with van der Waals surface area (Å²) < 4.78 is 28.5. The third-order valence-corrected chi connectivity index (χ3v) is 3.71. The highest BCUT2D eigenvalue weighted by atomic mass is 19.1. The van der Waals surface area contributed by atoms with E-state index in [1.807, 2.05) is 0 Å².